The van der Waals surface area contributed by atoms with Crippen LogP contribution in [0.5, 0.6) is 0 Å². The van der Waals surface area contributed by atoms with Gasteiger partial charge in [-0.25, -0.2) is 0 Å². The van der Waals surface area contributed by atoms with Crippen LogP contribution in [0.25, 0.3) is 0 Å². The van der Waals surface area contributed by atoms with Crippen LogP contribution >= 0.6 is 0 Å². The third kappa shape index (κ3) is 4.23. The van der Waals surface area contributed by atoms with Gasteiger partial charge in [-0.05, 0) is 53.4 Å². The summed E-state index contributed by atoms with van der Waals surface area (Å²) in [4.78, 5) is 20.2. The summed E-state index contributed by atoms with van der Waals surface area (Å²) < 4.78 is 11.5. The van der Waals surface area contributed by atoms with E-state index in [2.05, 4.69) is 28.8 Å². The van der Waals surface area contributed by atoms with Gasteiger partial charge in [-0.15, -0.1) is 0 Å². The quantitative estimate of drug-likeness (QED) is 0.771. The molecule has 3 aliphatic rings. The SMILES string of the molecule is Cc1noc(C)c1C(=O)N1CCC2(CC1)C[C@@H](N1CCN(C(C)C)CC1)CCO2. The van der Waals surface area contributed by atoms with Crippen LogP contribution in [0.4, 0.5) is 0 Å². The topological polar surface area (TPSA) is 62.1 Å². The van der Waals surface area contributed by atoms with Crippen molar-refractivity contribution < 1.29 is 14.1 Å². The predicted octanol–water partition coefficient (Wildman–Crippen LogP) is 2.47. The molecule has 1 aromatic rings. The molecule has 0 saturated carbocycles. The molecule has 0 aromatic carbocycles. The first-order valence-corrected chi connectivity index (χ1v) is 11.2. The lowest BCUT2D eigenvalue weighted by molar-refractivity contribution is -0.132. The van der Waals surface area contributed by atoms with Crippen molar-refractivity contribution in [1.82, 2.24) is 19.9 Å². The number of rotatable bonds is 3. The molecule has 0 bridgehead atoms. The Morgan fingerprint density at radius 1 is 1.10 bits per heavy atom. The molecule has 7 heteroatoms. The molecule has 3 saturated heterocycles. The molecule has 0 unspecified atom stereocenters. The highest BCUT2D eigenvalue weighted by Gasteiger charge is 2.43. The summed E-state index contributed by atoms with van der Waals surface area (Å²) in [5, 5.41) is 3.94. The van der Waals surface area contributed by atoms with Crippen molar-refractivity contribution in [3.05, 3.63) is 17.0 Å². The van der Waals surface area contributed by atoms with Crippen LogP contribution < -0.4 is 0 Å². The highest BCUT2D eigenvalue weighted by atomic mass is 16.5. The molecule has 3 aliphatic heterocycles. The minimum Gasteiger partial charge on any atom is -0.375 e. The maximum absolute atomic E-state index is 12.9. The fraction of sp³-hybridized carbons (Fsp3) is 0.818. The summed E-state index contributed by atoms with van der Waals surface area (Å²) in [5.41, 5.74) is 1.25. The van der Waals surface area contributed by atoms with Gasteiger partial charge in [0.15, 0.2) is 0 Å². The summed E-state index contributed by atoms with van der Waals surface area (Å²) >= 11 is 0. The van der Waals surface area contributed by atoms with Crippen LogP contribution in [0.3, 0.4) is 0 Å². The van der Waals surface area contributed by atoms with E-state index in [1.165, 1.54) is 13.1 Å². The van der Waals surface area contributed by atoms with E-state index in [0.29, 0.717) is 29.1 Å². The fourth-order valence-corrected chi connectivity index (χ4v) is 5.34. The summed E-state index contributed by atoms with van der Waals surface area (Å²) in [5.74, 6) is 0.663. The third-order valence-corrected chi connectivity index (χ3v) is 7.27. The molecule has 0 aliphatic carbocycles. The minimum atomic E-state index is -0.0619. The Labute approximate surface area is 174 Å². The molecule has 0 radical (unpaired) electrons. The number of aryl methyl sites for hydroxylation is 2. The minimum absolute atomic E-state index is 0.0493. The van der Waals surface area contributed by atoms with Crippen molar-refractivity contribution in [1.29, 1.82) is 0 Å². The molecule has 29 heavy (non-hydrogen) atoms. The molecule has 7 nitrogen and oxygen atoms in total. The van der Waals surface area contributed by atoms with Crippen molar-refractivity contribution in [2.45, 2.75) is 71.1 Å². The number of piperidine rings is 1. The second-order valence-corrected chi connectivity index (χ2v) is 9.34. The van der Waals surface area contributed by atoms with Crippen LogP contribution in [0, 0.1) is 13.8 Å². The second kappa shape index (κ2) is 8.36. The molecule has 1 atom stereocenters. The fourth-order valence-electron chi connectivity index (χ4n) is 5.34. The number of likely N-dealkylation sites (tertiary alicyclic amines) is 1. The van der Waals surface area contributed by atoms with Crippen LogP contribution in [0.1, 0.15) is 61.3 Å². The number of piperazine rings is 1. The Morgan fingerprint density at radius 2 is 1.79 bits per heavy atom. The van der Waals surface area contributed by atoms with Crippen molar-refractivity contribution >= 4 is 5.91 Å². The summed E-state index contributed by atoms with van der Waals surface area (Å²) in [6, 6.07) is 1.25. The summed E-state index contributed by atoms with van der Waals surface area (Å²) in [6.45, 7) is 15.2. The van der Waals surface area contributed by atoms with Gasteiger partial charge in [0.1, 0.15) is 11.3 Å². The van der Waals surface area contributed by atoms with E-state index in [1.807, 2.05) is 18.7 Å². The number of carbonyl (C=O) groups excluding carboxylic acids is 1. The standard InChI is InChI=1S/C22H36N4O3/c1-16(2)24-10-12-25(13-11-24)19-5-14-28-22(15-19)6-8-26(9-7-22)21(27)20-17(3)23-29-18(20)4/h16,19H,5-15H2,1-4H3/t19-/m0/s1. The van der Waals surface area contributed by atoms with Gasteiger partial charge in [0.05, 0.1) is 11.3 Å². The molecule has 3 fully saturated rings. The van der Waals surface area contributed by atoms with Gasteiger partial charge < -0.3 is 14.2 Å². The maximum atomic E-state index is 12.9. The number of aromatic nitrogens is 1. The first kappa shape index (κ1) is 20.8. The van der Waals surface area contributed by atoms with E-state index in [0.717, 1.165) is 58.5 Å². The predicted molar refractivity (Wildman–Crippen MR) is 111 cm³/mol. The Balaban J connectivity index is 1.34. The van der Waals surface area contributed by atoms with Gasteiger partial charge in [0.25, 0.3) is 5.91 Å². The van der Waals surface area contributed by atoms with Gasteiger partial charge in [0, 0.05) is 58.0 Å². The molecule has 162 valence electrons. The highest BCUT2D eigenvalue weighted by molar-refractivity contribution is 5.96. The Bertz CT molecular complexity index is 696. The van der Waals surface area contributed by atoms with E-state index in [9.17, 15) is 4.79 Å². The number of hydrogen-bond donors (Lipinski definition) is 0. The van der Waals surface area contributed by atoms with E-state index in [4.69, 9.17) is 9.26 Å². The van der Waals surface area contributed by atoms with Gasteiger partial charge in [-0.2, -0.15) is 0 Å². The molecule has 1 amide bonds. The highest BCUT2D eigenvalue weighted by Crippen LogP contribution is 2.37. The monoisotopic (exact) mass is 404 g/mol. The van der Waals surface area contributed by atoms with Gasteiger partial charge >= 0.3 is 0 Å². The summed E-state index contributed by atoms with van der Waals surface area (Å²) in [7, 11) is 0. The molecule has 1 aromatic heterocycles. The number of hydrogen-bond acceptors (Lipinski definition) is 6. The first-order chi connectivity index (χ1) is 13.9. The zero-order chi connectivity index (χ0) is 20.6. The maximum Gasteiger partial charge on any atom is 0.259 e. The van der Waals surface area contributed by atoms with Crippen LogP contribution in [0.2, 0.25) is 0 Å². The van der Waals surface area contributed by atoms with Crippen molar-refractivity contribution in [2.24, 2.45) is 0 Å². The third-order valence-electron chi connectivity index (χ3n) is 7.27. The van der Waals surface area contributed by atoms with E-state index >= 15 is 0 Å². The number of ether oxygens (including phenoxy) is 1. The first-order valence-electron chi connectivity index (χ1n) is 11.2. The summed E-state index contributed by atoms with van der Waals surface area (Å²) in [6.07, 6.45) is 4.07. The van der Waals surface area contributed by atoms with E-state index in [1.54, 1.807) is 0 Å². The largest absolute Gasteiger partial charge is 0.375 e. The van der Waals surface area contributed by atoms with Gasteiger partial charge in [0.2, 0.25) is 0 Å². The van der Waals surface area contributed by atoms with Crippen molar-refractivity contribution in [2.75, 3.05) is 45.9 Å². The Kier molecular flexibility index (Phi) is 6.00. The lowest BCUT2D eigenvalue weighted by atomic mass is 9.81. The smallest absolute Gasteiger partial charge is 0.259 e. The molecule has 4 heterocycles. The molecule has 0 N–H and O–H groups in total. The zero-order valence-electron chi connectivity index (χ0n) is 18.4. The van der Waals surface area contributed by atoms with Crippen molar-refractivity contribution in [3.63, 3.8) is 0 Å². The Hall–Kier alpha value is -1.44. The number of carbonyl (C=O) groups is 1. The molecular weight excluding hydrogens is 368 g/mol. The Morgan fingerprint density at radius 3 is 2.38 bits per heavy atom. The molecule has 4 rings (SSSR count). The zero-order valence-corrected chi connectivity index (χ0v) is 18.4. The average Bonchev–Trinajstić information content (AvgIpc) is 3.06. The average molecular weight is 405 g/mol. The van der Waals surface area contributed by atoms with Crippen molar-refractivity contribution in [3.8, 4) is 0 Å². The van der Waals surface area contributed by atoms with Gasteiger partial charge in [-0.1, -0.05) is 5.16 Å². The van der Waals surface area contributed by atoms with Crippen LogP contribution in [-0.4, -0.2) is 89.3 Å². The van der Waals surface area contributed by atoms with Gasteiger partial charge in [-0.3, -0.25) is 14.6 Å². The van der Waals surface area contributed by atoms with E-state index in [-0.39, 0.29) is 11.5 Å². The van der Waals surface area contributed by atoms with Crippen LogP contribution in [0.15, 0.2) is 4.52 Å². The second-order valence-electron chi connectivity index (χ2n) is 9.34. The van der Waals surface area contributed by atoms with Crippen LogP contribution in [-0.2, 0) is 4.74 Å². The number of amides is 1. The van der Waals surface area contributed by atoms with E-state index < -0.39 is 0 Å². The molecule has 1 spiro atoms. The number of nitrogens with zero attached hydrogens (tertiary/aromatic N) is 4. The lowest BCUT2D eigenvalue weighted by Gasteiger charge is -2.50. The lowest BCUT2D eigenvalue weighted by Crippen LogP contribution is -2.58. The normalized spacial score (nSPS) is 26.4. The molecular formula is C22H36N4O3.